The lowest BCUT2D eigenvalue weighted by Crippen LogP contribution is -2.21. The van der Waals surface area contributed by atoms with Gasteiger partial charge in [0.1, 0.15) is 17.4 Å². The number of hydrogen-bond donors (Lipinski definition) is 2. The Morgan fingerprint density at radius 2 is 1.97 bits per heavy atom. The molecule has 5 rings (SSSR count). The summed E-state index contributed by atoms with van der Waals surface area (Å²) < 4.78 is 5.48. The highest BCUT2D eigenvalue weighted by Crippen LogP contribution is 2.30. The molecule has 0 spiro atoms. The SMILES string of the molecule is CC(Nc1nccc(-c2cccc(-c3cc([C@@H]4CCN(C)C4=O)on3)n2)n1)c1cc[nH]n1. The smallest absolute Gasteiger partial charge is 0.233 e. The van der Waals surface area contributed by atoms with Gasteiger partial charge in [0.05, 0.1) is 28.8 Å². The molecule has 5 heterocycles. The molecule has 32 heavy (non-hydrogen) atoms. The number of carbonyl (C=O) groups excluding carboxylic acids is 1. The lowest BCUT2D eigenvalue weighted by molar-refractivity contribution is -0.128. The lowest BCUT2D eigenvalue weighted by Gasteiger charge is -2.11. The Morgan fingerprint density at radius 1 is 1.16 bits per heavy atom. The van der Waals surface area contributed by atoms with Crippen molar-refractivity contribution in [1.29, 1.82) is 0 Å². The van der Waals surface area contributed by atoms with Crippen molar-refractivity contribution in [2.45, 2.75) is 25.3 Å². The summed E-state index contributed by atoms with van der Waals surface area (Å²) in [5, 5.41) is 14.4. The van der Waals surface area contributed by atoms with Gasteiger partial charge < -0.3 is 14.7 Å². The van der Waals surface area contributed by atoms with E-state index in [0.717, 1.165) is 18.7 Å². The molecule has 10 heteroatoms. The number of hydrogen-bond acceptors (Lipinski definition) is 8. The minimum absolute atomic E-state index is 0.0540. The Balaban J connectivity index is 1.37. The lowest BCUT2D eigenvalue weighted by atomic mass is 10.0. The van der Waals surface area contributed by atoms with E-state index in [9.17, 15) is 4.79 Å². The van der Waals surface area contributed by atoms with Crippen LogP contribution in [0.1, 0.15) is 36.8 Å². The number of likely N-dealkylation sites (N-methyl/N-ethyl adjacent to an activating group) is 1. The Morgan fingerprint density at radius 3 is 2.72 bits per heavy atom. The number of amides is 1. The van der Waals surface area contributed by atoms with E-state index in [-0.39, 0.29) is 17.9 Å². The van der Waals surface area contributed by atoms with Gasteiger partial charge in [-0.05, 0) is 37.6 Å². The van der Waals surface area contributed by atoms with Gasteiger partial charge in [0, 0.05) is 32.1 Å². The van der Waals surface area contributed by atoms with Crippen molar-refractivity contribution >= 4 is 11.9 Å². The third-order valence-corrected chi connectivity index (χ3v) is 5.54. The number of likely N-dealkylation sites (tertiary alicyclic amines) is 1. The Labute approximate surface area is 184 Å². The molecule has 1 unspecified atom stereocenters. The summed E-state index contributed by atoms with van der Waals surface area (Å²) in [6, 6.07) is 11.1. The first-order valence-corrected chi connectivity index (χ1v) is 10.4. The fourth-order valence-corrected chi connectivity index (χ4v) is 3.73. The van der Waals surface area contributed by atoms with Gasteiger partial charge >= 0.3 is 0 Å². The van der Waals surface area contributed by atoms with Gasteiger partial charge in [0.2, 0.25) is 11.9 Å². The molecule has 0 bridgehead atoms. The Kier molecular flexibility index (Phi) is 5.10. The van der Waals surface area contributed by atoms with Gasteiger partial charge in [-0.25, -0.2) is 15.0 Å². The number of anilines is 1. The second-order valence-electron chi connectivity index (χ2n) is 7.75. The Hall–Kier alpha value is -4.08. The van der Waals surface area contributed by atoms with Crippen molar-refractivity contribution in [2.24, 2.45) is 0 Å². The van der Waals surface area contributed by atoms with Crippen molar-refractivity contribution in [3.63, 3.8) is 0 Å². The van der Waals surface area contributed by atoms with Crippen LogP contribution in [-0.2, 0) is 4.79 Å². The topological polar surface area (TPSA) is 126 Å². The van der Waals surface area contributed by atoms with Crippen LogP contribution < -0.4 is 5.32 Å². The zero-order valence-corrected chi connectivity index (χ0v) is 17.7. The number of aromatic amines is 1. The monoisotopic (exact) mass is 430 g/mol. The van der Waals surface area contributed by atoms with E-state index in [2.05, 4.69) is 30.6 Å². The van der Waals surface area contributed by atoms with Crippen molar-refractivity contribution in [1.82, 2.24) is 35.2 Å². The molecule has 2 N–H and O–H groups in total. The van der Waals surface area contributed by atoms with Gasteiger partial charge in [-0.15, -0.1) is 0 Å². The van der Waals surface area contributed by atoms with Crippen molar-refractivity contribution in [2.75, 3.05) is 18.9 Å². The maximum atomic E-state index is 12.3. The minimum atomic E-state index is -0.281. The normalized spacial score (nSPS) is 17.0. The van der Waals surface area contributed by atoms with E-state index in [0.29, 0.717) is 34.5 Å². The number of pyridine rings is 1. The fraction of sp³-hybridized carbons (Fsp3) is 0.273. The molecule has 1 amide bonds. The first-order valence-electron chi connectivity index (χ1n) is 10.4. The van der Waals surface area contributed by atoms with Gasteiger partial charge in [-0.3, -0.25) is 9.89 Å². The second kappa shape index (κ2) is 8.22. The molecule has 1 saturated heterocycles. The highest BCUT2D eigenvalue weighted by Gasteiger charge is 2.33. The molecular weight excluding hydrogens is 408 g/mol. The van der Waals surface area contributed by atoms with Gasteiger partial charge in [-0.1, -0.05) is 11.2 Å². The number of nitrogens with one attached hydrogen (secondary N) is 2. The van der Waals surface area contributed by atoms with Crippen LogP contribution in [0.25, 0.3) is 22.8 Å². The summed E-state index contributed by atoms with van der Waals surface area (Å²) in [4.78, 5) is 27.6. The van der Waals surface area contributed by atoms with E-state index in [1.807, 2.05) is 31.2 Å². The molecule has 1 aliphatic rings. The second-order valence-corrected chi connectivity index (χ2v) is 7.75. The number of carbonyl (C=O) groups is 1. The van der Waals surface area contributed by atoms with Crippen molar-refractivity contribution < 1.29 is 9.32 Å². The van der Waals surface area contributed by atoms with E-state index in [1.165, 1.54) is 0 Å². The third kappa shape index (κ3) is 3.82. The van der Waals surface area contributed by atoms with Crippen molar-refractivity contribution in [3.05, 3.63) is 60.2 Å². The summed E-state index contributed by atoms with van der Waals surface area (Å²) in [5.74, 6) is 0.830. The molecule has 4 aromatic heterocycles. The molecule has 2 atom stereocenters. The Bertz CT molecular complexity index is 1240. The van der Waals surface area contributed by atoms with E-state index < -0.39 is 0 Å². The number of aromatic nitrogens is 6. The van der Waals surface area contributed by atoms with E-state index in [1.54, 1.807) is 36.5 Å². The zero-order chi connectivity index (χ0) is 22.1. The van der Waals surface area contributed by atoms with Crippen LogP contribution in [0.2, 0.25) is 0 Å². The van der Waals surface area contributed by atoms with E-state index in [4.69, 9.17) is 9.51 Å². The molecule has 0 radical (unpaired) electrons. The zero-order valence-electron chi connectivity index (χ0n) is 17.7. The fourth-order valence-electron chi connectivity index (χ4n) is 3.73. The summed E-state index contributed by atoms with van der Waals surface area (Å²) in [5.41, 5.74) is 3.46. The van der Waals surface area contributed by atoms with Gasteiger partial charge in [0.25, 0.3) is 0 Å². The molecule has 0 aliphatic carbocycles. The predicted molar refractivity (Wildman–Crippen MR) is 116 cm³/mol. The van der Waals surface area contributed by atoms with Crippen LogP contribution in [0.15, 0.2) is 53.3 Å². The molecule has 0 saturated carbocycles. The average Bonchev–Trinajstić information content (AvgIpc) is 3.57. The standard InChI is InChI=1S/C22H22N8O2/c1-13(15-7-10-24-28-15)25-22-23-9-6-18(27-22)16-4-3-5-17(26-16)19-12-20(32-29-19)14-8-11-30(2)21(14)31/h3-7,9-10,12-14H,8,11H2,1-2H3,(H,24,28)(H,23,25,27)/t13?,14-/m0/s1. The molecule has 0 aromatic carbocycles. The molecule has 4 aromatic rings. The first kappa shape index (κ1) is 19.9. The molecule has 162 valence electrons. The maximum absolute atomic E-state index is 12.3. The van der Waals surface area contributed by atoms with Crippen LogP contribution >= 0.6 is 0 Å². The van der Waals surface area contributed by atoms with Crippen LogP contribution in [0.3, 0.4) is 0 Å². The summed E-state index contributed by atoms with van der Waals surface area (Å²) in [7, 11) is 1.80. The molecular formula is C22H22N8O2. The molecule has 1 fully saturated rings. The van der Waals surface area contributed by atoms with E-state index >= 15 is 0 Å². The predicted octanol–water partition coefficient (Wildman–Crippen LogP) is 3.04. The summed E-state index contributed by atoms with van der Waals surface area (Å²) in [6.07, 6.45) is 4.19. The highest BCUT2D eigenvalue weighted by atomic mass is 16.5. The quantitative estimate of drug-likeness (QED) is 0.478. The minimum Gasteiger partial charge on any atom is -0.360 e. The number of H-pyrrole nitrogens is 1. The summed E-state index contributed by atoms with van der Waals surface area (Å²) in [6.45, 7) is 2.70. The largest absolute Gasteiger partial charge is 0.360 e. The average molecular weight is 430 g/mol. The number of nitrogens with zero attached hydrogens (tertiary/aromatic N) is 6. The summed E-state index contributed by atoms with van der Waals surface area (Å²) >= 11 is 0. The highest BCUT2D eigenvalue weighted by molar-refractivity contribution is 5.85. The maximum Gasteiger partial charge on any atom is 0.233 e. The molecule has 10 nitrogen and oxygen atoms in total. The van der Waals surface area contributed by atoms with Gasteiger partial charge in [-0.2, -0.15) is 5.10 Å². The number of rotatable bonds is 6. The third-order valence-electron chi connectivity index (χ3n) is 5.54. The van der Waals surface area contributed by atoms with Crippen LogP contribution in [0.4, 0.5) is 5.95 Å². The first-order chi connectivity index (χ1) is 15.6. The van der Waals surface area contributed by atoms with Crippen LogP contribution in [0.5, 0.6) is 0 Å². The van der Waals surface area contributed by atoms with Crippen LogP contribution in [0, 0.1) is 0 Å². The van der Waals surface area contributed by atoms with Crippen LogP contribution in [-0.4, -0.2) is 54.7 Å². The van der Waals surface area contributed by atoms with Gasteiger partial charge in [0.15, 0.2) is 0 Å². The van der Waals surface area contributed by atoms with Crippen molar-refractivity contribution in [3.8, 4) is 22.8 Å². The molecule has 1 aliphatic heterocycles.